The molecule has 0 aromatic rings. The van der Waals surface area contributed by atoms with E-state index in [2.05, 4.69) is 38.7 Å². The van der Waals surface area contributed by atoms with E-state index in [1.165, 1.54) is 6.42 Å². The maximum atomic E-state index is 5.47. The molecule has 1 unspecified atom stereocenters. The number of thiol groups is 1. The normalized spacial score (nSPS) is 13.2. The van der Waals surface area contributed by atoms with Gasteiger partial charge in [0.2, 0.25) is 0 Å². The number of rotatable bonds is 12. The van der Waals surface area contributed by atoms with Gasteiger partial charge in [0.15, 0.2) is 0 Å². The van der Waals surface area contributed by atoms with Gasteiger partial charge in [-0.05, 0) is 18.8 Å². The Morgan fingerprint density at radius 2 is 1.65 bits per heavy atom. The molecule has 0 aliphatic rings. The van der Waals surface area contributed by atoms with Crippen LogP contribution >= 0.6 is 12.6 Å². The molecule has 1 atom stereocenters. The molecule has 0 saturated carbocycles. The summed E-state index contributed by atoms with van der Waals surface area (Å²) < 4.78 is 10.9. The quantitative estimate of drug-likeness (QED) is 0.418. The maximum absolute atomic E-state index is 5.47. The number of ether oxygens (including phenoxy) is 2. The summed E-state index contributed by atoms with van der Waals surface area (Å²) in [5.74, 6) is 0.773. The molecule has 0 bridgehead atoms. The molecule has 0 radical (unpaired) electrons. The van der Waals surface area contributed by atoms with Gasteiger partial charge >= 0.3 is 0 Å². The first-order chi connectivity index (χ1) is 8.13. The summed E-state index contributed by atoms with van der Waals surface area (Å²) in [6, 6.07) is 0. The highest BCUT2D eigenvalue weighted by Gasteiger charge is 1.95. The molecule has 17 heavy (non-hydrogen) atoms. The van der Waals surface area contributed by atoms with Crippen molar-refractivity contribution in [3.8, 4) is 0 Å². The molecule has 0 rings (SSSR count). The summed E-state index contributed by atoms with van der Waals surface area (Å²) in [6.07, 6.45) is 2.39. The van der Waals surface area contributed by atoms with E-state index in [-0.39, 0.29) is 0 Å². The molecule has 0 amide bonds. The fraction of sp³-hybridized carbons (Fsp3) is 1.00. The van der Waals surface area contributed by atoms with E-state index >= 15 is 0 Å². The zero-order valence-corrected chi connectivity index (χ0v) is 12.5. The molecule has 0 fully saturated rings. The minimum Gasteiger partial charge on any atom is -0.379 e. The van der Waals surface area contributed by atoms with Crippen LogP contribution < -0.4 is 5.32 Å². The maximum Gasteiger partial charge on any atom is 0.0701 e. The molecule has 0 spiro atoms. The second-order valence-corrected chi connectivity index (χ2v) is 5.70. The van der Waals surface area contributed by atoms with Crippen LogP contribution in [0, 0.1) is 5.92 Å². The lowest BCUT2D eigenvalue weighted by atomic mass is 10.1. The number of nitrogens with one attached hydrogen (secondary N) is 1. The Morgan fingerprint density at radius 1 is 1.00 bits per heavy atom. The van der Waals surface area contributed by atoms with E-state index in [9.17, 15) is 0 Å². The lowest BCUT2D eigenvalue weighted by Crippen LogP contribution is -2.25. The van der Waals surface area contributed by atoms with E-state index in [0.717, 1.165) is 38.6 Å². The largest absolute Gasteiger partial charge is 0.379 e. The summed E-state index contributed by atoms with van der Waals surface area (Å²) in [6.45, 7) is 11.4. The van der Waals surface area contributed by atoms with Crippen LogP contribution in [0.1, 0.15) is 33.6 Å². The Labute approximate surface area is 112 Å². The van der Waals surface area contributed by atoms with E-state index < -0.39 is 0 Å². The third-order valence-electron chi connectivity index (χ3n) is 2.31. The zero-order valence-electron chi connectivity index (χ0n) is 11.6. The van der Waals surface area contributed by atoms with E-state index in [1.807, 2.05) is 0 Å². The highest BCUT2D eigenvalue weighted by molar-refractivity contribution is 7.80. The average molecular weight is 263 g/mol. The molecule has 0 aliphatic carbocycles. The molecule has 0 heterocycles. The van der Waals surface area contributed by atoms with Gasteiger partial charge in [0.05, 0.1) is 19.8 Å². The Balaban J connectivity index is 2.94. The lowest BCUT2D eigenvalue weighted by Gasteiger charge is -2.08. The lowest BCUT2D eigenvalue weighted by molar-refractivity contribution is 0.0468. The van der Waals surface area contributed by atoms with Crippen molar-refractivity contribution in [3.05, 3.63) is 0 Å². The van der Waals surface area contributed by atoms with Crippen LogP contribution in [0.5, 0.6) is 0 Å². The van der Waals surface area contributed by atoms with Crippen LogP contribution in [0.3, 0.4) is 0 Å². The minimum absolute atomic E-state index is 0.402. The fourth-order valence-corrected chi connectivity index (χ4v) is 1.50. The van der Waals surface area contributed by atoms with Crippen molar-refractivity contribution in [1.29, 1.82) is 0 Å². The molecule has 4 heteroatoms. The monoisotopic (exact) mass is 263 g/mol. The van der Waals surface area contributed by atoms with E-state index in [0.29, 0.717) is 18.5 Å². The standard InChI is InChI=1S/C13H29NO2S/c1-12(2)5-4-7-15-9-10-16-8-6-14-11-13(3)17/h12-14,17H,4-11H2,1-3H3. The average Bonchev–Trinajstić information content (AvgIpc) is 2.25. The van der Waals surface area contributed by atoms with Crippen molar-refractivity contribution in [3.63, 3.8) is 0 Å². The molecular weight excluding hydrogens is 234 g/mol. The summed E-state index contributed by atoms with van der Waals surface area (Å²) >= 11 is 4.28. The topological polar surface area (TPSA) is 30.5 Å². The summed E-state index contributed by atoms with van der Waals surface area (Å²) in [5.41, 5.74) is 0. The van der Waals surface area contributed by atoms with Gasteiger partial charge in [-0.1, -0.05) is 20.8 Å². The van der Waals surface area contributed by atoms with Crippen molar-refractivity contribution in [2.75, 3.05) is 39.5 Å². The van der Waals surface area contributed by atoms with Gasteiger partial charge in [-0.2, -0.15) is 12.6 Å². The Kier molecular flexibility index (Phi) is 12.9. The van der Waals surface area contributed by atoms with Gasteiger partial charge in [0.25, 0.3) is 0 Å². The molecule has 1 N–H and O–H groups in total. The van der Waals surface area contributed by atoms with E-state index in [4.69, 9.17) is 9.47 Å². The first-order valence-electron chi connectivity index (χ1n) is 6.67. The van der Waals surface area contributed by atoms with Gasteiger partial charge in [-0.3, -0.25) is 0 Å². The molecule has 0 saturated heterocycles. The van der Waals surface area contributed by atoms with Crippen molar-refractivity contribution in [1.82, 2.24) is 5.32 Å². The van der Waals surface area contributed by atoms with Crippen LogP contribution in [0.15, 0.2) is 0 Å². The highest BCUT2D eigenvalue weighted by Crippen LogP contribution is 2.02. The minimum atomic E-state index is 0.402. The van der Waals surface area contributed by atoms with Crippen molar-refractivity contribution < 1.29 is 9.47 Å². The molecule has 3 nitrogen and oxygen atoms in total. The summed E-state index contributed by atoms with van der Waals surface area (Å²) in [5, 5.41) is 3.67. The van der Waals surface area contributed by atoms with Gasteiger partial charge in [0, 0.05) is 24.9 Å². The van der Waals surface area contributed by atoms with E-state index in [1.54, 1.807) is 0 Å². The third-order valence-corrected chi connectivity index (χ3v) is 2.49. The Bertz CT molecular complexity index is 138. The predicted octanol–water partition coefficient (Wildman–Crippen LogP) is 2.36. The molecule has 0 aromatic carbocycles. The molecular formula is C13H29NO2S. The molecule has 0 aromatic heterocycles. The van der Waals surface area contributed by atoms with Crippen molar-refractivity contribution in [2.24, 2.45) is 5.92 Å². The second-order valence-electron chi connectivity index (χ2n) is 4.81. The first kappa shape index (κ1) is 17.2. The van der Waals surface area contributed by atoms with Crippen LogP contribution in [-0.4, -0.2) is 44.8 Å². The number of hydrogen-bond acceptors (Lipinski definition) is 4. The SMILES string of the molecule is CC(C)CCCOCCOCCNCC(C)S. The van der Waals surface area contributed by atoms with Gasteiger partial charge < -0.3 is 14.8 Å². The van der Waals surface area contributed by atoms with Crippen molar-refractivity contribution in [2.45, 2.75) is 38.9 Å². The first-order valence-corrected chi connectivity index (χ1v) is 7.18. The smallest absolute Gasteiger partial charge is 0.0701 e. The van der Waals surface area contributed by atoms with Gasteiger partial charge in [0.1, 0.15) is 0 Å². The third kappa shape index (κ3) is 16.2. The number of hydrogen-bond donors (Lipinski definition) is 2. The molecule has 104 valence electrons. The Morgan fingerprint density at radius 3 is 2.24 bits per heavy atom. The highest BCUT2D eigenvalue weighted by atomic mass is 32.1. The van der Waals surface area contributed by atoms with Crippen LogP contribution in [0.2, 0.25) is 0 Å². The predicted molar refractivity (Wildman–Crippen MR) is 77.0 cm³/mol. The van der Waals surface area contributed by atoms with Crippen LogP contribution in [0.4, 0.5) is 0 Å². The Hall–Kier alpha value is 0.230. The zero-order chi connectivity index (χ0) is 12.9. The fourth-order valence-electron chi connectivity index (χ4n) is 1.37. The van der Waals surface area contributed by atoms with Crippen molar-refractivity contribution >= 4 is 12.6 Å². The van der Waals surface area contributed by atoms with Crippen LogP contribution in [-0.2, 0) is 9.47 Å². The van der Waals surface area contributed by atoms with Gasteiger partial charge in [-0.25, -0.2) is 0 Å². The summed E-state index contributed by atoms with van der Waals surface area (Å²) in [4.78, 5) is 0. The van der Waals surface area contributed by atoms with Crippen LogP contribution in [0.25, 0.3) is 0 Å². The summed E-state index contributed by atoms with van der Waals surface area (Å²) in [7, 11) is 0. The van der Waals surface area contributed by atoms with Gasteiger partial charge in [-0.15, -0.1) is 0 Å². The molecule has 0 aliphatic heterocycles. The second kappa shape index (κ2) is 12.7.